The first-order chi connectivity index (χ1) is 9.70. The number of pyridine rings is 2. The van der Waals surface area contributed by atoms with Gasteiger partial charge in [-0.05, 0) is 48.0 Å². The molecule has 2 aromatic rings. The summed E-state index contributed by atoms with van der Waals surface area (Å²) in [6.07, 6.45) is 6.22. The molecule has 0 aromatic carbocycles. The van der Waals surface area contributed by atoms with Gasteiger partial charge < -0.3 is 10.1 Å². The summed E-state index contributed by atoms with van der Waals surface area (Å²) in [5, 5.41) is 3.44. The van der Waals surface area contributed by atoms with Crippen LogP contribution in [-0.4, -0.2) is 16.5 Å². The third kappa shape index (κ3) is 4.02. The normalized spacial score (nSPS) is 12.2. The summed E-state index contributed by atoms with van der Waals surface area (Å²) in [4.78, 5) is 8.42. The molecule has 0 spiro atoms. The highest BCUT2D eigenvalue weighted by atomic mass is 79.9. The molecule has 2 heterocycles. The van der Waals surface area contributed by atoms with Gasteiger partial charge in [0, 0.05) is 28.5 Å². The van der Waals surface area contributed by atoms with E-state index in [-0.39, 0.29) is 6.04 Å². The van der Waals surface area contributed by atoms with Crippen LogP contribution in [0, 0.1) is 0 Å². The summed E-state index contributed by atoms with van der Waals surface area (Å²) >= 11 is 3.38. The van der Waals surface area contributed by atoms with Crippen LogP contribution in [0.1, 0.15) is 31.9 Å². The van der Waals surface area contributed by atoms with Crippen molar-refractivity contribution in [2.24, 2.45) is 0 Å². The van der Waals surface area contributed by atoms with Gasteiger partial charge >= 0.3 is 0 Å². The summed E-state index contributed by atoms with van der Waals surface area (Å²) in [6, 6.07) is 6.01. The zero-order valence-corrected chi connectivity index (χ0v) is 13.2. The second-order valence-corrected chi connectivity index (χ2v) is 5.43. The highest BCUT2D eigenvalue weighted by molar-refractivity contribution is 9.10. The van der Waals surface area contributed by atoms with Gasteiger partial charge in [0.15, 0.2) is 0 Å². The SMILES string of the molecule is CCCNC(C)c1cccnc1Oc1cncc(Br)c1. The van der Waals surface area contributed by atoms with E-state index in [1.807, 2.05) is 18.2 Å². The van der Waals surface area contributed by atoms with E-state index in [0.29, 0.717) is 11.6 Å². The number of nitrogens with one attached hydrogen (secondary N) is 1. The Morgan fingerprint density at radius 3 is 3.00 bits per heavy atom. The van der Waals surface area contributed by atoms with Crippen molar-refractivity contribution in [2.75, 3.05) is 6.54 Å². The second-order valence-electron chi connectivity index (χ2n) is 4.51. The molecule has 0 aliphatic rings. The number of nitrogens with zero attached hydrogens (tertiary/aromatic N) is 2. The molecular formula is C15H18BrN3O. The average molecular weight is 336 g/mol. The van der Waals surface area contributed by atoms with Crippen LogP contribution in [-0.2, 0) is 0 Å². The first kappa shape index (κ1) is 14.9. The summed E-state index contributed by atoms with van der Waals surface area (Å²) in [7, 11) is 0. The average Bonchev–Trinajstić information content (AvgIpc) is 2.45. The smallest absolute Gasteiger partial charge is 0.224 e. The van der Waals surface area contributed by atoms with E-state index >= 15 is 0 Å². The Labute approximate surface area is 127 Å². The van der Waals surface area contributed by atoms with Crippen LogP contribution < -0.4 is 10.1 Å². The Hall–Kier alpha value is -1.46. The lowest BCUT2D eigenvalue weighted by Gasteiger charge is -2.16. The summed E-state index contributed by atoms with van der Waals surface area (Å²) < 4.78 is 6.73. The first-order valence-electron chi connectivity index (χ1n) is 6.67. The third-order valence-electron chi connectivity index (χ3n) is 2.86. The van der Waals surface area contributed by atoms with Gasteiger partial charge in [0.25, 0.3) is 0 Å². The minimum atomic E-state index is 0.193. The quantitative estimate of drug-likeness (QED) is 0.863. The standard InChI is InChI=1S/C15H18BrN3O/c1-3-6-18-11(2)14-5-4-7-19-15(14)20-13-8-12(16)9-17-10-13/h4-5,7-11,18H,3,6H2,1-2H3. The molecule has 0 aliphatic carbocycles. The lowest BCUT2D eigenvalue weighted by Crippen LogP contribution is -2.20. The Bertz CT molecular complexity index is 562. The summed E-state index contributed by atoms with van der Waals surface area (Å²) in [5.41, 5.74) is 1.04. The van der Waals surface area contributed by atoms with Crippen LogP contribution in [0.3, 0.4) is 0 Å². The monoisotopic (exact) mass is 335 g/mol. The molecule has 0 saturated heterocycles. The van der Waals surface area contributed by atoms with Gasteiger partial charge in [-0.15, -0.1) is 0 Å². The zero-order valence-electron chi connectivity index (χ0n) is 11.6. The maximum absolute atomic E-state index is 5.85. The number of aromatic nitrogens is 2. The molecule has 1 N–H and O–H groups in total. The number of hydrogen-bond donors (Lipinski definition) is 1. The molecule has 2 rings (SSSR count). The molecule has 0 amide bonds. The highest BCUT2D eigenvalue weighted by Crippen LogP contribution is 2.28. The van der Waals surface area contributed by atoms with Crippen molar-refractivity contribution in [2.45, 2.75) is 26.3 Å². The van der Waals surface area contributed by atoms with Crippen LogP contribution in [0.2, 0.25) is 0 Å². The number of rotatable bonds is 6. The summed E-state index contributed by atoms with van der Waals surface area (Å²) in [5.74, 6) is 1.28. The van der Waals surface area contributed by atoms with Gasteiger partial charge in [0.1, 0.15) is 5.75 Å². The first-order valence-corrected chi connectivity index (χ1v) is 7.46. The van der Waals surface area contributed by atoms with Gasteiger partial charge in [-0.1, -0.05) is 13.0 Å². The van der Waals surface area contributed by atoms with Crippen molar-refractivity contribution in [1.82, 2.24) is 15.3 Å². The number of ether oxygens (including phenoxy) is 1. The second kappa shape index (κ2) is 7.36. The predicted molar refractivity (Wildman–Crippen MR) is 83.0 cm³/mol. The van der Waals surface area contributed by atoms with Gasteiger partial charge in [-0.2, -0.15) is 0 Å². The molecule has 20 heavy (non-hydrogen) atoms. The molecule has 0 aliphatic heterocycles. The molecule has 106 valence electrons. The van der Waals surface area contributed by atoms with Crippen LogP contribution >= 0.6 is 15.9 Å². The van der Waals surface area contributed by atoms with E-state index in [1.54, 1.807) is 18.6 Å². The molecule has 0 bridgehead atoms. The molecular weight excluding hydrogens is 318 g/mol. The van der Waals surface area contributed by atoms with Crippen molar-refractivity contribution in [3.63, 3.8) is 0 Å². The van der Waals surface area contributed by atoms with Crippen LogP contribution in [0.5, 0.6) is 11.6 Å². The van der Waals surface area contributed by atoms with E-state index in [2.05, 4.69) is 45.1 Å². The minimum Gasteiger partial charge on any atom is -0.437 e. The van der Waals surface area contributed by atoms with Crippen LogP contribution in [0.15, 0.2) is 41.3 Å². The maximum Gasteiger partial charge on any atom is 0.224 e. The molecule has 2 aromatic heterocycles. The maximum atomic E-state index is 5.85. The minimum absolute atomic E-state index is 0.193. The Balaban J connectivity index is 2.19. The van der Waals surface area contributed by atoms with Crippen molar-refractivity contribution in [1.29, 1.82) is 0 Å². The third-order valence-corrected chi connectivity index (χ3v) is 3.30. The van der Waals surface area contributed by atoms with Crippen LogP contribution in [0.4, 0.5) is 0 Å². The Morgan fingerprint density at radius 2 is 2.25 bits per heavy atom. The molecule has 5 heteroatoms. The fraction of sp³-hybridized carbons (Fsp3) is 0.333. The fourth-order valence-corrected chi connectivity index (χ4v) is 2.19. The van der Waals surface area contributed by atoms with E-state index in [4.69, 9.17) is 4.74 Å². The molecule has 0 radical (unpaired) electrons. The van der Waals surface area contributed by atoms with Gasteiger partial charge in [0.2, 0.25) is 5.88 Å². The van der Waals surface area contributed by atoms with Crippen molar-refractivity contribution >= 4 is 15.9 Å². The summed E-state index contributed by atoms with van der Waals surface area (Å²) in [6.45, 7) is 5.22. The lowest BCUT2D eigenvalue weighted by atomic mass is 10.1. The van der Waals surface area contributed by atoms with Crippen molar-refractivity contribution in [3.05, 3.63) is 46.8 Å². The molecule has 0 saturated carbocycles. The Morgan fingerprint density at radius 1 is 1.40 bits per heavy atom. The largest absolute Gasteiger partial charge is 0.437 e. The highest BCUT2D eigenvalue weighted by Gasteiger charge is 2.12. The van der Waals surface area contributed by atoms with Gasteiger partial charge in [-0.25, -0.2) is 4.98 Å². The number of hydrogen-bond acceptors (Lipinski definition) is 4. The number of halogens is 1. The zero-order chi connectivity index (χ0) is 14.4. The van der Waals surface area contributed by atoms with Gasteiger partial charge in [0.05, 0.1) is 6.20 Å². The van der Waals surface area contributed by atoms with E-state index in [0.717, 1.165) is 23.0 Å². The van der Waals surface area contributed by atoms with Crippen LogP contribution in [0.25, 0.3) is 0 Å². The molecule has 0 fully saturated rings. The van der Waals surface area contributed by atoms with E-state index < -0.39 is 0 Å². The van der Waals surface area contributed by atoms with E-state index in [9.17, 15) is 0 Å². The Kier molecular flexibility index (Phi) is 5.49. The predicted octanol–water partition coefficient (Wildman–Crippen LogP) is 4.09. The fourth-order valence-electron chi connectivity index (χ4n) is 1.85. The molecule has 1 unspecified atom stereocenters. The van der Waals surface area contributed by atoms with Gasteiger partial charge in [-0.3, -0.25) is 4.98 Å². The van der Waals surface area contributed by atoms with Crippen molar-refractivity contribution < 1.29 is 4.74 Å². The topological polar surface area (TPSA) is 47.0 Å². The molecule has 1 atom stereocenters. The lowest BCUT2D eigenvalue weighted by molar-refractivity contribution is 0.440. The molecule has 4 nitrogen and oxygen atoms in total. The van der Waals surface area contributed by atoms with Crippen molar-refractivity contribution in [3.8, 4) is 11.6 Å². The van der Waals surface area contributed by atoms with E-state index in [1.165, 1.54) is 0 Å².